The van der Waals surface area contributed by atoms with Crippen LogP contribution in [0.4, 0.5) is 5.69 Å². The van der Waals surface area contributed by atoms with Crippen molar-refractivity contribution in [2.45, 2.75) is 90.4 Å². The van der Waals surface area contributed by atoms with Gasteiger partial charge in [-0.15, -0.1) is 0 Å². The van der Waals surface area contributed by atoms with Gasteiger partial charge in [0, 0.05) is 0 Å². The first kappa shape index (κ1) is 25.0. The Morgan fingerprint density at radius 1 is 0.710 bits per heavy atom. The number of para-hydroxylation sites is 2. The molecule has 0 unspecified atom stereocenters. The van der Waals surface area contributed by atoms with E-state index < -0.39 is 0 Å². The molecule has 0 saturated heterocycles. The van der Waals surface area contributed by atoms with Crippen LogP contribution in [0.25, 0.3) is 0 Å². The maximum atomic E-state index is 12.4. The molecule has 2 aromatic carbocycles. The van der Waals surface area contributed by atoms with Crippen LogP contribution in [0.15, 0.2) is 54.6 Å². The fourth-order valence-corrected chi connectivity index (χ4v) is 3.80. The standard InChI is InChI=1S/C28H41NO2/c1-2-3-4-5-6-7-8-9-10-11-12-18-23-31-27-22-17-16-21-26(27)29-28(30)24-25-19-14-13-15-20-25/h13-17,19-22H,2-12,18,23-24H2,1H3,(H,29,30). The zero-order valence-corrected chi connectivity index (χ0v) is 19.4. The SMILES string of the molecule is CCCCCCCCCCCCCCOc1ccccc1NC(=O)Cc1ccccc1. The number of carbonyl (C=O) groups excluding carboxylic acids is 1. The fourth-order valence-electron chi connectivity index (χ4n) is 3.80. The number of hydrogen-bond donors (Lipinski definition) is 1. The molecule has 0 aliphatic rings. The van der Waals surface area contributed by atoms with Gasteiger partial charge in [0.1, 0.15) is 5.75 Å². The van der Waals surface area contributed by atoms with Crippen molar-refractivity contribution in [3.63, 3.8) is 0 Å². The molecule has 0 atom stereocenters. The van der Waals surface area contributed by atoms with Crippen LogP contribution in [0.1, 0.15) is 89.5 Å². The molecule has 0 spiro atoms. The van der Waals surface area contributed by atoms with Crippen molar-refractivity contribution in [1.29, 1.82) is 0 Å². The molecule has 0 aliphatic carbocycles. The summed E-state index contributed by atoms with van der Waals surface area (Å²) < 4.78 is 5.97. The van der Waals surface area contributed by atoms with Gasteiger partial charge in [0.05, 0.1) is 18.7 Å². The summed E-state index contributed by atoms with van der Waals surface area (Å²) in [4.78, 5) is 12.4. The van der Waals surface area contributed by atoms with Crippen LogP contribution in [0.3, 0.4) is 0 Å². The first-order chi connectivity index (χ1) is 15.3. The minimum Gasteiger partial charge on any atom is -0.491 e. The fraction of sp³-hybridized carbons (Fsp3) is 0.536. The van der Waals surface area contributed by atoms with Gasteiger partial charge >= 0.3 is 0 Å². The molecule has 2 aromatic rings. The van der Waals surface area contributed by atoms with E-state index >= 15 is 0 Å². The van der Waals surface area contributed by atoms with Gasteiger partial charge in [0.2, 0.25) is 5.91 Å². The second-order valence-electron chi connectivity index (χ2n) is 8.44. The third kappa shape index (κ3) is 11.6. The summed E-state index contributed by atoms with van der Waals surface area (Å²) in [6.07, 6.45) is 16.4. The van der Waals surface area contributed by atoms with Gasteiger partial charge in [0.25, 0.3) is 0 Å². The highest BCUT2D eigenvalue weighted by Crippen LogP contribution is 2.24. The lowest BCUT2D eigenvalue weighted by molar-refractivity contribution is -0.115. The molecule has 170 valence electrons. The molecule has 0 aromatic heterocycles. The Morgan fingerprint density at radius 2 is 1.26 bits per heavy atom. The Hall–Kier alpha value is -2.29. The molecule has 2 rings (SSSR count). The third-order valence-electron chi connectivity index (χ3n) is 5.62. The van der Waals surface area contributed by atoms with Crippen LogP contribution in [0, 0.1) is 0 Å². The van der Waals surface area contributed by atoms with E-state index in [1.165, 1.54) is 70.6 Å². The predicted octanol–water partition coefficient (Wildman–Crippen LogP) is 7.95. The minimum atomic E-state index is -0.0207. The van der Waals surface area contributed by atoms with Gasteiger partial charge in [-0.25, -0.2) is 0 Å². The average molecular weight is 424 g/mol. The second kappa shape index (κ2) is 16.4. The highest BCUT2D eigenvalue weighted by molar-refractivity contribution is 5.93. The van der Waals surface area contributed by atoms with Crippen LogP contribution in [-0.2, 0) is 11.2 Å². The lowest BCUT2D eigenvalue weighted by atomic mass is 10.1. The van der Waals surface area contributed by atoms with Crippen LogP contribution in [0.5, 0.6) is 5.75 Å². The van der Waals surface area contributed by atoms with E-state index in [1.54, 1.807) is 0 Å². The summed E-state index contributed by atoms with van der Waals surface area (Å²) in [6.45, 7) is 2.97. The minimum absolute atomic E-state index is 0.0207. The maximum absolute atomic E-state index is 12.4. The topological polar surface area (TPSA) is 38.3 Å². The molecule has 1 N–H and O–H groups in total. The van der Waals surface area contributed by atoms with Crippen molar-refractivity contribution in [1.82, 2.24) is 0 Å². The van der Waals surface area contributed by atoms with Crippen LogP contribution in [-0.4, -0.2) is 12.5 Å². The Bertz CT molecular complexity index is 714. The van der Waals surface area contributed by atoms with Gasteiger partial charge < -0.3 is 10.1 Å². The first-order valence-electron chi connectivity index (χ1n) is 12.3. The number of anilines is 1. The van der Waals surface area contributed by atoms with E-state index in [1.807, 2.05) is 54.6 Å². The Kier molecular flexibility index (Phi) is 13.2. The molecule has 0 aliphatic heterocycles. The molecule has 3 heteroatoms. The van der Waals surface area contributed by atoms with E-state index in [4.69, 9.17) is 4.74 Å². The van der Waals surface area contributed by atoms with Crippen molar-refractivity contribution in [2.24, 2.45) is 0 Å². The summed E-state index contributed by atoms with van der Waals surface area (Å²) in [6, 6.07) is 17.5. The number of ether oxygens (including phenoxy) is 1. The van der Waals surface area contributed by atoms with Crippen LogP contribution >= 0.6 is 0 Å². The summed E-state index contributed by atoms with van der Waals surface area (Å²) in [5, 5.41) is 2.99. The number of carbonyl (C=O) groups is 1. The lowest BCUT2D eigenvalue weighted by Gasteiger charge is -2.12. The Morgan fingerprint density at radius 3 is 1.90 bits per heavy atom. The van der Waals surface area contributed by atoms with E-state index in [0.717, 1.165) is 23.4 Å². The zero-order valence-electron chi connectivity index (χ0n) is 19.4. The lowest BCUT2D eigenvalue weighted by Crippen LogP contribution is -2.15. The number of unbranched alkanes of at least 4 members (excludes halogenated alkanes) is 11. The first-order valence-corrected chi connectivity index (χ1v) is 12.3. The van der Waals surface area contributed by atoms with Gasteiger partial charge in [-0.1, -0.05) is 120 Å². The van der Waals surface area contributed by atoms with Gasteiger partial charge in [-0.3, -0.25) is 4.79 Å². The number of amides is 1. The highest BCUT2D eigenvalue weighted by atomic mass is 16.5. The normalized spacial score (nSPS) is 10.7. The van der Waals surface area contributed by atoms with E-state index in [-0.39, 0.29) is 5.91 Å². The summed E-state index contributed by atoms with van der Waals surface area (Å²) >= 11 is 0. The number of benzene rings is 2. The molecule has 0 radical (unpaired) electrons. The molecule has 3 nitrogen and oxygen atoms in total. The molecule has 0 bridgehead atoms. The number of rotatable bonds is 17. The molecule has 31 heavy (non-hydrogen) atoms. The van der Waals surface area contributed by atoms with E-state index in [2.05, 4.69) is 12.2 Å². The predicted molar refractivity (Wildman–Crippen MR) is 132 cm³/mol. The van der Waals surface area contributed by atoms with Crippen molar-refractivity contribution in [3.05, 3.63) is 60.2 Å². The Balaban J connectivity index is 1.55. The quantitative estimate of drug-likeness (QED) is 0.262. The number of hydrogen-bond acceptors (Lipinski definition) is 2. The second-order valence-corrected chi connectivity index (χ2v) is 8.44. The Labute approximate surface area is 189 Å². The highest BCUT2D eigenvalue weighted by Gasteiger charge is 2.08. The molecular formula is C28H41NO2. The third-order valence-corrected chi connectivity index (χ3v) is 5.62. The summed E-state index contributed by atoms with van der Waals surface area (Å²) in [5.74, 6) is 0.736. The van der Waals surface area contributed by atoms with Crippen molar-refractivity contribution >= 4 is 11.6 Å². The smallest absolute Gasteiger partial charge is 0.228 e. The van der Waals surface area contributed by atoms with Gasteiger partial charge in [0.15, 0.2) is 0 Å². The maximum Gasteiger partial charge on any atom is 0.228 e. The van der Waals surface area contributed by atoms with Crippen LogP contribution < -0.4 is 10.1 Å². The summed E-state index contributed by atoms with van der Waals surface area (Å²) in [5.41, 5.74) is 1.76. The molecule has 0 saturated carbocycles. The van der Waals surface area contributed by atoms with Crippen LogP contribution in [0.2, 0.25) is 0 Å². The largest absolute Gasteiger partial charge is 0.491 e. The molecule has 0 fully saturated rings. The van der Waals surface area contributed by atoms with Gasteiger partial charge in [-0.2, -0.15) is 0 Å². The van der Waals surface area contributed by atoms with E-state index in [0.29, 0.717) is 13.0 Å². The van der Waals surface area contributed by atoms with Crippen molar-refractivity contribution in [2.75, 3.05) is 11.9 Å². The number of nitrogens with one attached hydrogen (secondary N) is 1. The van der Waals surface area contributed by atoms with E-state index in [9.17, 15) is 4.79 Å². The molecular weight excluding hydrogens is 382 g/mol. The summed E-state index contributed by atoms with van der Waals surface area (Å²) in [7, 11) is 0. The van der Waals surface area contributed by atoms with Crippen molar-refractivity contribution in [3.8, 4) is 5.75 Å². The van der Waals surface area contributed by atoms with Gasteiger partial charge in [-0.05, 0) is 24.1 Å². The molecule has 0 heterocycles. The van der Waals surface area contributed by atoms with Crippen molar-refractivity contribution < 1.29 is 9.53 Å². The zero-order chi connectivity index (χ0) is 22.0. The average Bonchev–Trinajstić information content (AvgIpc) is 2.78. The monoisotopic (exact) mass is 423 g/mol. The molecule has 1 amide bonds.